The average molecular weight is 655 g/mol. The number of hydrogen-bond acceptors (Lipinski definition) is 5. The monoisotopic (exact) mass is 654 g/mol. The van der Waals surface area contributed by atoms with Gasteiger partial charge >= 0.3 is 0 Å². The van der Waals surface area contributed by atoms with Gasteiger partial charge in [0.1, 0.15) is 6.29 Å². The number of aromatic nitrogens is 1. The summed E-state index contributed by atoms with van der Waals surface area (Å²) in [6.07, 6.45) is 0.867. The number of nitrogen functional groups attached to an aromatic ring is 1. The first-order valence-corrected chi connectivity index (χ1v) is 17.5. The third kappa shape index (κ3) is 8.23. The Morgan fingerprint density at radius 3 is 1.83 bits per heavy atom. The third-order valence-electron chi connectivity index (χ3n) is 7.99. The average Bonchev–Trinajstić information content (AvgIpc) is 3.78. The Morgan fingerprint density at radius 1 is 0.617 bits per heavy atom. The van der Waals surface area contributed by atoms with Gasteiger partial charge in [0.15, 0.2) is 0 Å². The van der Waals surface area contributed by atoms with Crippen LogP contribution in [0.2, 0.25) is 0 Å². The topological polar surface area (TPSA) is 56.0 Å². The largest absolute Gasteiger partial charge is 0.398 e. The molecule has 0 aliphatic carbocycles. The molecule has 7 rings (SSSR count). The molecule has 0 unspecified atom stereocenters. The van der Waals surface area contributed by atoms with Gasteiger partial charge in [0, 0.05) is 42.7 Å². The minimum Gasteiger partial charge on any atom is -0.398 e. The number of para-hydroxylation sites is 2. The first kappa shape index (κ1) is 33.8. The molecule has 0 fully saturated rings. The number of rotatable bonds is 3. The van der Waals surface area contributed by atoms with E-state index in [0.717, 1.165) is 34.3 Å². The SMILES string of the molecule is CC(C)(C)c1ccc(-c2nc3ccccc3c3sccc23)cc1.CC(C)(C)c1ccc(C=O)cc1.Nc1ccccc1-c1cccs1. The summed E-state index contributed by atoms with van der Waals surface area (Å²) >= 11 is 3.50. The summed E-state index contributed by atoms with van der Waals surface area (Å²) in [6, 6.07) is 39.2. The summed E-state index contributed by atoms with van der Waals surface area (Å²) in [7, 11) is 0. The van der Waals surface area contributed by atoms with E-state index in [4.69, 9.17) is 10.7 Å². The second kappa shape index (κ2) is 14.5. The van der Waals surface area contributed by atoms with Crippen LogP contribution in [0, 0.1) is 0 Å². The zero-order valence-electron chi connectivity index (χ0n) is 28.0. The van der Waals surface area contributed by atoms with Gasteiger partial charge in [-0.3, -0.25) is 4.79 Å². The number of thiophene rings is 2. The number of aldehydes is 1. The van der Waals surface area contributed by atoms with E-state index in [-0.39, 0.29) is 10.8 Å². The molecule has 4 aromatic carbocycles. The lowest BCUT2D eigenvalue weighted by Crippen LogP contribution is -2.10. The maximum atomic E-state index is 10.4. The first-order chi connectivity index (χ1) is 22.5. The van der Waals surface area contributed by atoms with Crippen LogP contribution in [0.5, 0.6) is 0 Å². The number of benzene rings is 4. The molecular formula is C42H42N2OS2. The van der Waals surface area contributed by atoms with Crippen molar-refractivity contribution in [2.75, 3.05) is 5.73 Å². The van der Waals surface area contributed by atoms with E-state index in [1.807, 2.05) is 54.6 Å². The standard InChI is InChI=1S/C21H19NS.C11H14O.C10H9NS/c1-21(2,3)15-10-8-14(9-11-15)19-17-12-13-23-20(17)16-6-4-5-7-18(16)22-19;1-11(2,3)10-6-4-9(8-12)5-7-10;11-9-5-2-1-4-8(9)10-6-3-7-12-10/h4-13H,1-3H3;4-8H,1-3H3;1-7H,11H2. The Bertz CT molecular complexity index is 2060. The lowest BCUT2D eigenvalue weighted by Gasteiger charge is -2.19. The molecule has 0 saturated heterocycles. The number of carbonyl (C=O) groups excluding carboxylic acids is 1. The van der Waals surface area contributed by atoms with Crippen molar-refractivity contribution in [2.24, 2.45) is 0 Å². The highest BCUT2D eigenvalue weighted by Gasteiger charge is 2.15. The Labute approximate surface area is 286 Å². The van der Waals surface area contributed by atoms with Crippen LogP contribution in [0.1, 0.15) is 63.0 Å². The van der Waals surface area contributed by atoms with E-state index in [0.29, 0.717) is 0 Å². The van der Waals surface area contributed by atoms with Gasteiger partial charge < -0.3 is 5.73 Å². The van der Waals surface area contributed by atoms with Crippen molar-refractivity contribution < 1.29 is 4.79 Å². The number of hydrogen-bond donors (Lipinski definition) is 1. The van der Waals surface area contributed by atoms with Crippen LogP contribution in [0.25, 0.3) is 42.7 Å². The number of carbonyl (C=O) groups is 1. The number of fused-ring (bicyclic) bond motifs is 3. The fourth-order valence-corrected chi connectivity index (χ4v) is 6.92. The van der Waals surface area contributed by atoms with Gasteiger partial charge in [-0.05, 0) is 57.0 Å². The van der Waals surface area contributed by atoms with Gasteiger partial charge in [0.2, 0.25) is 0 Å². The van der Waals surface area contributed by atoms with Crippen LogP contribution >= 0.6 is 22.7 Å². The van der Waals surface area contributed by atoms with Crippen LogP contribution in [-0.4, -0.2) is 11.3 Å². The molecule has 3 nitrogen and oxygen atoms in total. The van der Waals surface area contributed by atoms with Gasteiger partial charge in [-0.1, -0.05) is 133 Å². The highest BCUT2D eigenvalue weighted by molar-refractivity contribution is 7.18. The van der Waals surface area contributed by atoms with Gasteiger partial charge in [-0.2, -0.15) is 0 Å². The van der Waals surface area contributed by atoms with Gasteiger partial charge in [0.25, 0.3) is 0 Å². The Hall–Kier alpha value is -4.58. The molecular weight excluding hydrogens is 613 g/mol. The smallest absolute Gasteiger partial charge is 0.150 e. The number of nitrogens with two attached hydrogens (primary N) is 1. The fourth-order valence-electron chi connectivity index (χ4n) is 5.21. The summed E-state index contributed by atoms with van der Waals surface area (Å²) in [5.74, 6) is 0. The molecule has 3 aromatic heterocycles. The Balaban J connectivity index is 0.000000153. The summed E-state index contributed by atoms with van der Waals surface area (Å²) < 4.78 is 1.32. The van der Waals surface area contributed by atoms with Crippen LogP contribution in [0.3, 0.4) is 0 Å². The third-order valence-corrected chi connectivity index (χ3v) is 9.84. The molecule has 0 saturated carbocycles. The molecule has 2 N–H and O–H groups in total. The molecule has 5 heteroatoms. The highest BCUT2D eigenvalue weighted by atomic mass is 32.1. The molecule has 0 spiro atoms. The van der Waals surface area contributed by atoms with Gasteiger partial charge in [-0.25, -0.2) is 4.98 Å². The minimum atomic E-state index is 0.168. The van der Waals surface area contributed by atoms with E-state index >= 15 is 0 Å². The quantitative estimate of drug-likeness (QED) is 0.152. The highest BCUT2D eigenvalue weighted by Crippen LogP contribution is 2.36. The Kier molecular flexibility index (Phi) is 10.4. The molecule has 0 aliphatic heterocycles. The molecule has 3 heterocycles. The Morgan fingerprint density at radius 2 is 1.23 bits per heavy atom. The van der Waals surface area contributed by atoms with Crippen LogP contribution in [0.4, 0.5) is 5.69 Å². The molecule has 0 atom stereocenters. The van der Waals surface area contributed by atoms with E-state index in [1.165, 1.54) is 37.0 Å². The van der Waals surface area contributed by atoms with Crippen molar-refractivity contribution in [3.05, 3.63) is 143 Å². The molecule has 0 bridgehead atoms. The summed E-state index contributed by atoms with van der Waals surface area (Å²) in [5.41, 5.74) is 14.8. The summed E-state index contributed by atoms with van der Waals surface area (Å²) in [5, 5.41) is 6.71. The first-order valence-electron chi connectivity index (χ1n) is 15.8. The summed E-state index contributed by atoms with van der Waals surface area (Å²) in [6.45, 7) is 13.2. The maximum absolute atomic E-state index is 10.4. The zero-order chi connectivity index (χ0) is 33.6. The predicted octanol–water partition coefficient (Wildman–Crippen LogP) is 12.2. The van der Waals surface area contributed by atoms with Crippen molar-refractivity contribution >= 4 is 55.6 Å². The molecule has 0 aliphatic rings. The van der Waals surface area contributed by atoms with Crippen LogP contribution < -0.4 is 5.73 Å². The minimum absolute atomic E-state index is 0.168. The molecule has 7 aromatic rings. The summed E-state index contributed by atoms with van der Waals surface area (Å²) in [4.78, 5) is 16.5. The van der Waals surface area contributed by atoms with Crippen molar-refractivity contribution in [1.82, 2.24) is 4.98 Å². The van der Waals surface area contributed by atoms with Gasteiger partial charge in [0.05, 0.1) is 11.2 Å². The lowest BCUT2D eigenvalue weighted by molar-refractivity contribution is 0.112. The van der Waals surface area contributed by atoms with E-state index < -0.39 is 0 Å². The molecule has 0 radical (unpaired) electrons. The maximum Gasteiger partial charge on any atom is 0.150 e. The number of nitrogens with zero attached hydrogens (tertiary/aromatic N) is 1. The second-order valence-corrected chi connectivity index (χ2v) is 15.4. The van der Waals surface area contributed by atoms with E-state index in [1.54, 1.807) is 22.7 Å². The van der Waals surface area contributed by atoms with Crippen molar-refractivity contribution in [1.29, 1.82) is 0 Å². The zero-order valence-corrected chi connectivity index (χ0v) is 29.6. The van der Waals surface area contributed by atoms with Crippen molar-refractivity contribution in [3.8, 4) is 21.7 Å². The molecule has 0 amide bonds. The molecule has 238 valence electrons. The van der Waals surface area contributed by atoms with Crippen molar-refractivity contribution in [3.63, 3.8) is 0 Å². The number of anilines is 1. The van der Waals surface area contributed by atoms with Crippen LogP contribution in [-0.2, 0) is 10.8 Å². The second-order valence-electron chi connectivity index (χ2n) is 13.5. The number of pyridine rings is 1. The van der Waals surface area contributed by atoms with Crippen molar-refractivity contribution in [2.45, 2.75) is 52.4 Å². The van der Waals surface area contributed by atoms with Gasteiger partial charge in [-0.15, -0.1) is 22.7 Å². The van der Waals surface area contributed by atoms with Crippen LogP contribution in [0.15, 0.2) is 126 Å². The lowest BCUT2D eigenvalue weighted by atomic mass is 9.86. The fraction of sp³-hybridized carbons (Fsp3) is 0.190. The molecule has 47 heavy (non-hydrogen) atoms. The normalized spacial score (nSPS) is 11.4. The predicted molar refractivity (Wildman–Crippen MR) is 206 cm³/mol. The van der Waals surface area contributed by atoms with E-state index in [9.17, 15) is 4.79 Å². The van der Waals surface area contributed by atoms with E-state index in [2.05, 4.69) is 113 Å².